The van der Waals surface area contributed by atoms with Gasteiger partial charge in [-0.05, 0) is 43.7 Å². The summed E-state index contributed by atoms with van der Waals surface area (Å²) in [7, 11) is 0.361. The standard InChI is InChI=1S/C21H28N2O6S/c1-15(2)29-17-8-6-7-16(11-17)13-22-21(24)14-23(3)30(25,26)18-9-10-19(27-4)20(12-18)28-5/h6-12,15H,13-14H2,1-5H3,(H,22,24). The van der Waals surface area contributed by atoms with E-state index in [4.69, 9.17) is 14.2 Å². The molecule has 0 bridgehead atoms. The van der Waals surface area contributed by atoms with Crippen molar-refractivity contribution in [3.8, 4) is 17.2 Å². The number of nitrogens with one attached hydrogen (secondary N) is 1. The zero-order chi connectivity index (χ0) is 22.3. The molecule has 0 aliphatic heterocycles. The van der Waals surface area contributed by atoms with Gasteiger partial charge in [-0.2, -0.15) is 4.31 Å². The molecule has 0 fully saturated rings. The van der Waals surface area contributed by atoms with E-state index in [0.717, 1.165) is 9.87 Å². The minimum absolute atomic E-state index is 0.00832. The fourth-order valence-electron chi connectivity index (χ4n) is 2.70. The topological polar surface area (TPSA) is 94.2 Å². The number of hydrogen-bond acceptors (Lipinski definition) is 6. The number of nitrogens with zero attached hydrogens (tertiary/aromatic N) is 1. The first kappa shape index (κ1) is 23.5. The lowest BCUT2D eigenvalue weighted by molar-refractivity contribution is -0.121. The largest absolute Gasteiger partial charge is 0.493 e. The summed E-state index contributed by atoms with van der Waals surface area (Å²) in [6.07, 6.45) is 0.0466. The molecule has 9 heteroatoms. The molecule has 0 heterocycles. The molecule has 1 N–H and O–H groups in total. The van der Waals surface area contributed by atoms with Crippen LogP contribution in [0.15, 0.2) is 47.4 Å². The third-order valence-electron chi connectivity index (χ3n) is 4.19. The summed E-state index contributed by atoms with van der Waals surface area (Å²) in [4.78, 5) is 12.3. The molecule has 8 nitrogen and oxygen atoms in total. The van der Waals surface area contributed by atoms with Gasteiger partial charge >= 0.3 is 0 Å². The summed E-state index contributed by atoms with van der Waals surface area (Å²) in [6.45, 7) is 3.81. The molecule has 30 heavy (non-hydrogen) atoms. The second kappa shape index (κ2) is 10.3. The van der Waals surface area contributed by atoms with Gasteiger partial charge < -0.3 is 19.5 Å². The zero-order valence-electron chi connectivity index (χ0n) is 17.8. The number of likely N-dealkylation sites (N-methyl/N-ethyl adjacent to an activating group) is 1. The minimum atomic E-state index is -3.88. The lowest BCUT2D eigenvalue weighted by Crippen LogP contribution is -2.38. The van der Waals surface area contributed by atoms with Gasteiger partial charge in [0.25, 0.3) is 0 Å². The molecule has 0 unspecified atom stereocenters. The van der Waals surface area contributed by atoms with E-state index < -0.39 is 15.9 Å². The average Bonchev–Trinajstić information content (AvgIpc) is 2.71. The number of hydrogen-bond donors (Lipinski definition) is 1. The van der Waals surface area contributed by atoms with Crippen LogP contribution in [-0.2, 0) is 21.4 Å². The van der Waals surface area contributed by atoms with Crippen molar-refractivity contribution in [3.05, 3.63) is 48.0 Å². The Kier molecular flexibility index (Phi) is 8.08. The SMILES string of the molecule is COc1ccc(S(=O)(=O)N(C)CC(=O)NCc2cccc(OC(C)C)c2)cc1OC. The summed E-state index contributed by atoms with van der Waals surface area (Å²) < 4.78 is 42.5. The maximum atomic E-state index is 12.8. The third-order valence-corrected chi connectivity index (χ3v) is 5.99. The molecular formula is C21H28N2O6S. The highest BCUT2D eigenvalue weighted by atomic mass is 32.2. The Bertz CT molecular complexity index is 975. The van der Waals surface area contributed by atoms with Crippen molar-refractivity contribution in [2.24, 2.45) is 0 Å². The van der Waals surface area contributed by atoms with Gasteiger partial charge in [0.15, 0.2) is 11.5 Å². The van der Waals surface area contributed by atoms with Gasteiger partial charge in [-0.1, -0.05) is 12.1 Å². The van der Waals surface area contributed by atoms with Crippen molar-refractivity contribution in [1.29, 1.82) is 0 Å². The van der Waals surface area contributed by atoms with E-state index in [-0.39, 0.29) is 24.1 Å². The van der Waals surface area contributed by atoms with Gasteiger partial charge in [-0.25, -0.2) is 8.42 Å². The Morgan fingerprint density at radius 1 is 1.07 bits per heavy atom. The second-order valence-electron chi connectivity index (χ2n) is 6.87. The van der Waals surface area contributed by atoms with Crippen molar-refractivity contribution in [2.75, 3.05) is 27.8 Å². The van der Waals surface area contributed by atoms with E-state index in [1.807, 2.05) is 38.1 Å². The van der Waals surface area contributed by atoms with Gasteiger partial charge in [0, 0.05) is 19.7 Å². The summed E-state index contributed by atoms with van der Waals surface area (Å²) >= 11 is 0. The second-order valence-corrected chi connectivity index (χ2v) is 8.91. The Morgan fingerprint density at radius 2 is 1.77 bits per heavy atom. The molecule has 0 aliphatic carbocycles. The number of amides is 1. The smallest absolute Gasteiger partial charge is 0.243 e. The monoisotopic (exact) mass is 436 g/mol. The van der Waals surface area contributed by atoms with Crippen LogP contribution in [0.4, 0.5) is 0 Å². The van der Waals surface area contributed by atoms with Crippen LogP contribution in [0.5, 0.6) is 17.2 Å². The van der Waals surface area contributed by atoms with Crippen LogP contribution in [0.2, 0.25) is 0 Å². The molecule has 0 spiro atoms. The average molecular weight is 437 g/mol. The van der Waals surface area contributed by atoms with Gasteiger partial charge in [0.05, 0.1) is 31.8 Å². The first-order valence-corrected chi connectivity index (χ1v) is 10.8. The molecule has 0 saturated heterocycles. The molecule has 1 amide bonds. The lowest BCUT2D eigenvalue weighted by atomic mass is 10.2. The van der Waals surface area contributed by atoms with Crippen molar-refractivity contribution in [2.45, 2.75) is 31.4 Å². The fourth-order valence-corrected chi connectivity index (χ4v) is 3.84. The molecule has 0 aromatic heterocycles. The number of methoxy groups -OCH3 is 2. The van der Waals surface area contributed by atoms with Crippen LogP contribution >= 0.6 is 0 Å². The van der Waals surface area contributed by atoms with Crippen LogP contribution in [0, 0.1) is 0 Å². The van der Waals surface area contributed by atoms with Crippen molar-refractivity contribution < 1.29 is 27.4 Å². The molecule has 2 rings (SSSR count). The number of carbonyl (C=O) groups excluding carboxylic acids is 1. The van der Waals surface area contributed by atoms with Gasteiger partial charge in [0.1, 0.15) is 5.75 Å². The molecule has 164 valence electrons. The number of carbonyl (C=O) groups is 1. The van der Waals surface area contributed by atoms with Gasteiger partial charge in [-0.3, -0.25) is 4.79 Å². The Labute approximate surface area is 177 Å². The quantitative estimate of drug-likeness (QED) is 0.615. The third kappa shape index (κ3) is 6.11. The highest BCUT2D eigenvalue weighted by Crippen LogP contribution is 2.30. The Hall–Kier alpha value is -2.78. The molecule has 0 atom stereocenters. The maximum absolute atomic E-state index is 12.8. The maximum Gasteiger partial charge on any atom is 0.243 e. The molecule has 0 aliphatic rings. The summed E-state index contributed by atoms with van der Waals surface area (Å²) in [5.74, 6) is 1.00. The van der Waals surface area contributed by atoms with E-state index in [0.29, 0.717) is 17.2 Å². The van der Waals surface area contributed by atoms with Crippen molar-refractivity contribution in [1.82, 2.24) is 9.62 Å². The molecule has 2 aromatic rings. The summed E-state index contributed by atoms with van der Waals surface area (Å²) in [5.41, 5.74) is 0.854. The summed E-state index contributed by atoms with van der Waals surface area (Å²) in [6, 6.07) is 11.7. The lowest BCUT2D eigenvalue weighted by Gasteiger charge is -2.18. The van der Waals surface area contributed by atoms with E-state index in [2.05, 4.69) is 5.32 Å². The van der Waals surface area contributed by atoms with Gasteiger partial charge in [-0.15, -0.1) is 0 Å². The predicted octanol–water partition coefficient (Wildman–Crippen LogP) is 2.43. The van der Waals surface area contributed by atoms with Crippen LogP contribution in [0.25, 0.3) is 0 Å². The van der Waals surface area contributed by atoms with Crippen molar-refractivity contribution in [3.63, 3.8) is 0 Å². The Balaban J connectivity index is 2.01. The highest BCUT2D eigenvalue weighted by Gasteiger charge is 2.24. The van der Waals surface area contributed by atoms with Crippen LogP contribution in [0.1, 0.15) is 19.4 Å². The summed E-state index contributed by atoms with van der Waals surface area (Å²) in [5, 5.41) is 2.73. The van der Waals surface area contributed by atoms with E-state index in [1.165, 1.54) is 39.5 Å². The highest BCUT2D eigenvalue weighted by molar-refractivity contribution is 7.89. The Morgan fingerprint density at radius 3 is 2.40 bits per heavy atom. The number of benzene rings is 2. The molecular weight excluding hydrogens is 408 g/mol. The minimum Gasteiger partial charge on any atom is -0.493 e. The van der Waals surface area contributed by atoms with E-state index in [1.54, 1.807) is 0 Å². The number of sulfonamides is 1. The first-order valence-electron chi connectivity index (χ1n) is 9.38. The molecule has 0 radical (unpaired) electrons. The molecule has 0 saturated carbocycles. The van der Waals surface area contributed by atoms with E-state index in [9.17, 15) is 13.2 Å². The molecule has 2 aromatic carbocycles. The van der Waals surface area contributed by atoms with Crippen molar-refractivity contribution >= 4 is 15.9 Å². The van der Waals surface area contributed by atoms with Crippen LogP contribution in [0.3, 0.4) is 0 Å². The first-order chi connectivity index (χ1) is 14.2. The van der Waals surface area contributed by atoms with Gasteiger partial charge in [0.2, 0.25) is 15.9 Å². The van der Waals surface area contributed by atoms with Crippen LogP contribution < -0.4 is 19.5 Å². The normalized spacial score (nSPS) is 11.4. The predicted molar refractivity (Wildman–Crippen MR) is 113 cm³/mol. The number of rotatable bonds is 10. The van der Waals surface area contributed by atoms with Crippen LogP contribution in [-0.4, -0.2) is 52.5 Å². The number of ether oxygens (including phenoxy) is 3. The fraction of sp³-hybridized carbons (Fsp3) is 0.381. The van der Waals surface area contributed by atoms with E-state index >= 15 is 0 Å². The zero-order valence-corrected chi connectivity index (χ0v) is 18.7.